The lowest BCUT2D eigenvalue weighted by molar-refractivity contribution is -0.118. The average molecular weight is 284 g/mol. The van der Waals surface area contributed by atoms with E-state index in [1.54, 1.807) is 11.0 Å². The monoisotopic (exact) mass is 283 g/mol. The highest BCUT2D eigenvalue weighted by Crippen LogP contribution is 2.23. The Kier molecular flexibility index (Phi) is 3.69. The zero-order chi connectivity index (χ0) is 14.2. The average Bonchev–Trinajstić information content (AvgIpc) is 2.23. The maximum Gasteiger partial charge on any atom is 0.254 e. The van der Waals surface area contributed by atoms with Gasteiger partial charge in [-0.25, -0.2) is 4.98 Å². The highest BCUT2D eigenvalue weighted by atomic mass is 35.5. The number of amides is 1. The van der Waals surface area contributed by atoms with Crippen molar-refractivity contribution in [3.63, 3.8) is 0 Å². The second kappa shape index (κ2) is 4.98. The molecule has 5 nitrogen and oxygen atoms in total. The molecule has 1 fully saturated rings. The van der Waals surface area contributed by atoms with Gasteiger partial charge in [0.2, 0.25) is 0 Å². The molecule has 0 spiro atoms. The third-order valence-corrected chi connectivity index (χ3v) is 3.11. The second-order valence-electron chi connectivity index (χ2n) is 5.48. The molecule has 0 aromatic carbocycles. The number of nitrogen functional groups attached to an aromatic ring is 1. The van der Waals surface area contributed by atoms with Crippen LogP contribution in [0.3, 0.4) is 0 Å². The number of hydrogen-bond acceptors (Lipinski definition) is 4. The van der Waals surface area contributed by atoms with Crippen molar-refractivity contribution in [2.24, 2.45) is 0 Å². The van der Waals surface area contributed by atoms with Gasteiger partial charge in [0.1, 0.15) is 11.0 Å². The van der Waals surface area contributed by atoms with Crippen LogP contribution in [0.1, 0.15) is 31.1 Å². The van der Waals surface area contributed by atoms with E-state index in [1.165, 1.54) is 6.07 Å². The molecule has 1 saturated heterocycles. The van der Waals surface area contributed by atoms with Gasteiger partial charge in [0.05, 0.1) is 11.7 Å². The summed E-state index contributed by atoms with van der Waals surface area (Å²) in [6.45, 7) is 6.99. The van der Waals surface area contributed by atoms with Crippen molar-refractivity contribution in [3.8, 4) is 0 Å². The molecule has 1 aromatic rings. The summed E-state index contributed by atoms with van der Waals surface area (Å²) in [6.07, 6.45) is 0.00218. The van der Waals surface area contributed by atoms with E-state index in [0.717, 1.165) is 0 Å². The summed E-state index contributed by atoms with van der Waals surface area (Å²) in [7, 11) is 0. The van der Waals surface area contributed by atoms with Gasteiger partial charge in [-0.05, 0) is 32.9 Å². The van der Waals surface area contributed by atoms with Crippen LogP contribution >= 0.6 is 11.6 Å². The van der Waals surface area contributed by atoms with Gasteiger partial charge in [-0.1, -0.05) is 11.6 Å². The number of halogens is 1. The number of hydrogen-bond donors (Lipinski definition) is 1. The molecule has 2 rings (SSSR count). The molecule has 1 unspecified atom stereocenters. The number of nitrogens with zero attached hydrogens (tertiary/aromatic N) is 2. The molecule has 1 amide bonds. The van der Waals surface area contributed by atoms with Gasteiger partial charge in [0.25, 0.3) is 5.91 Å². The lowest BCUT2D eigenvalue weighted by atomic mass is 10.0. The van der Waals surface area contributed by atoms with E-state index >= 15 is 0 Å². The van der Waals surface area contributed by atoms with Crippen LogP contribution in [0.5, 0.6) is 0 Å². The molecule has 1 aromatic heterocycles. The predicted octanol–water partition coefficient (Wildman–Crippen LogP) is 1.96. The Morgan fingerprint density at radius 2 is 2.26 bits per heavy atom. The molecular formula is C13H18ClN3O2. The largest absolute Gasteiger partial charge is 0.384 e. The maximum atomic E-state index is 12.5. The number of pyridine rings is 1. The molecule has 0 radical (unpaired) electrons. The quantitative estimate of drug-likeness (QED) is 0.800. The number of anilines is 1. The molecule has 6 heteroatoms. The van der Waals surface area contributed by atoms with Crippen LogP contribution in [0.4, 0.5) is 5.82 Å². The fourth-order valence-electron chi connectivity index (χ4n) is 2.43. The van der Waals surface area contributed by atoms with Gasteiger partial charge in [-0.2, -0.15) is 0 Å². The Labute approximate surface area is 117 Å². The van der Waals surface area contributed by atoms with E-state index in [0.29, 0.717) is 18.7 Å². The Hall–Kier alpha value is -1.33. The van der Waals surface area contributed by atoms with E-state index in [2.05, 4.69) is 4.98 Å². The van der Waals surface area contributed by atoms with Gasteiger partial charge in [0, 0.05) is 18.7 Å². The van der Waals surface area contributed by atoms with Crippen LogP contribution in [0.2, 0.25) is 5.15 Å². The molecule has 1 aliphatic heterocycles. The van der Waals surface area contributed by atoms with Crippen LogP contribution in [-0.4, -0.2) is 40.6 Å². The Balaban J connectivity index is 2.23. The van der Waals surface area contributed by atoms with Crippen molar-refractivity contribution >= 4 is 23.3 Å². The molecule has 19 heavy (non-hydrogen) atoms. The first-order valence-corrected chi connectivity index (χ1v) is 6.55. The van der Waals surface area contributed by atoms with Crippen molar-refractivity contribution in [2.75, 3.05) is 18.8 Å². The minimum absolute atomic E-state index is 0.00218. The number of aromatic nitrogens is 1. The SMILES string of the molecule is CC1CN(C(=O)c2cc(N)nc(Cl)c2)CC(C)(C)O1. The minimum atomic E-state index is -0.351. The topological polar surface area (TPSA) is 68.5 Å². The summed E-state index contributed by atoms with van der Waals surface area (Å²) < 4.78 is 5.78. The van der Waals surface area contributed by atoms with Crippen LogP contribution in [-0.2, 0) is 4.74 Å². The molecule has 1 aliphatic rings. The van der Waals surface area contributed by atoms with Crippen molar-refractivity contribution in [1.82, 2.24) is 9.88 Å². The normalized spacial score (nSPS) is 22.3. The molecule has 2 heterocycles. The smallest absolute Gasteiger partial charge is 0.254 e. The van der Waals surface area contributed by atoms with Gasteiger partial charge in [-0.3, -0.25) is 4.79 Å². The Bertz CT molecular complexity index is 484. The zero-order valence-corrected chi connectivity index (χ0v) is 12.1. The molecule has 104 valence electrons. The Morgan fingerprint density at radius 1 is 1.58 bits per heavy atom. The molecule has 0 bridgehead atoms. The first kappa shape index (κ1) is 14.1. The molecule has 2 N–H and O–H groups in total. The zero-order valence-electron chi connectivity index (χ0n) is 11.3. The fourth-order valence-corrected chi connectivity index (χ4v) is 2.65. The number of carbonyl (C=O) groups is 1. The number of nitrogens with two attached hydrogens (primary N) is 1. The standard InChI is InChI=1S/C13H18ClN3O2/c1-8-6-17(7-13(2,3)19-8)12(18)9-4-10(14)16-11(15)5-9/h4-5,8H,6-7H2,1-3H3,(H2,15,16). The van der Waals surface area contributed by atoms with Crippen molar-refractivity contribution in [1.29, 1.82) is 0 Å². The predicted molar refractivity (Wildman–Crippen MR) is 74.2 cm³/mol. The first-order valence-electron chi connectivity index (χ1n) is 6.17. The lowest BCUT2D eigenvalue weighted by Crippen LogP contribution is -2.53. The van der Waals surface area contributed by atoms with Gasteiger partial charge in [-0.15, -0.1) is 0 Å². The molecule has 0 aliphatic carbocycles. The fraction of sp³-hybridized carbons (Fsp3) is 0.538. The van der Waals surface area contributed by atoms with Crippen molar-refractivity contribution in [3.05, 3.63) is 22.8 Å². The van der Waals surface area contributed by atoms with E-state index in [1.807, 2.05) is 20.8 Å². The van der Waals surface area contributed by atoms with Gasteiger partial charge >= 0.3 is 0 Å². The number of rotatable bonds is 1. The third-order valence-electron chi connectivity index (χ3n) is 2.92. The number of carbonyl (C=O) groups excluding carboxylic acids is 1. The van der Waals surface area contributed by atoms with E-state index in [-0.39, 0.29) is 28.6 Å². The first-order chi connectivity index (χ1) is 8.77. The Morgan fingerprint density at radius 3 is 2.84 bits per heavy atom. The van der Waals surface area contributed by atoms with Crippen LogP contribution in [0.15, 0.2) is 12.1 Å². The summed E-state index contributed by atoms with van der Waals surface area (Å²) in [5, 5.41) is 0.226. The summed E-state index contributed by atoms with van der Waals surface area (Å²) in [5.41, 5.74) is 5.73. The van der Waals surface area contributed by atoms with Crippen molar-refractivity contribution in [2.45, 2.75) is 32.5 Å². The minimum Gasteiger partial charge on any atom is -0.384 e. The number of morpholine rings is 1. The van der Waals surface area contributed by atoms with Gasteiger partial charge < -0.3 is 15.4 Å². The number of ether oxygens (including phenoxy) is 1. The second-order valence-corrected chi connectivity index (χ2v) is 5.86. The lowest BCUT2D eigenvalue weighted by Gasteiger charge is -2.41. The van der Waals surface area contributed by atoms with E-state index in [9.17, 15) is 4.79 Å². The molecule has 1 atom stereocenters. The van der Waals surface area contributed by atoms with Crippen LogP contribution in [0.25, 0.3) is 0 Å². The van der Waals surface area contributed by atoms with E-state index in [4.69, 9.17) is 22.1 Å². The summed E-state index contributed by atoms with van der Waals surface area (Å²) in [6, 6.07) is 3.08. The summed E-state index contributed by atoms with van der Waals surface area (Å²) in [5.74, 6) is 0.149. The summed E-state index contributed by atoms with van der Waals surface area (Å²) >= 11 is 5.83. The molecule has 0 saturated carbocycles. The van der Waals surface area contributed by atoms with Crippen molar-refractivity contribution < 1.29 is 9.53 Å². The maximum absolute atomic E-state index is 12.5. The highest BCUT2D eigenvalue weighted by molar-refractivity contribution is 6.29. The van der Waals surface area contributed by atoms with Crippen LogP contribution < -0.4 is 5.73 Å². The summed E-state index contributed by atoms with van der Waals surface area (Å²) in [4.78, 5) is 18.1. The highest BCUT2D eigenvalue weighted by Gasteiger charge is 2.34. The van der Waals surface area contributed by atoms with Gasteiger partial charge in [0.15, 0.2) is 0 Å². The van der Waals surface area contributed by atoms with E-state index < -0.39 is 0 Å². The molecular weight excluding hydrogens is 266 g/mol. The third kappa shape index (κ3) is 3.36. The van der Waals surface area contributed by atoms with Crippen LogP contribution in [0, 0.1) is 0 Å².